The Morgan fingerprint density at radius 1 is 1.00 bits per heavy atom. The van der Waals surface area contributed by atoms with E-state index in [1.54, 1.807) is 26.3 Å². The van der Waals surface area contributed by atoms with Gasteiger partial charge in [-0.25, -0.2) is 14.0 Å². The molecule has 1 aliphatic heterocycles. The van der Waals surface area contributed by atoms with Gasteiger partial charge >= 0.3 is 0 Å². The molecular formula is C24H25N7O2. The highest BCUT2D eigenvalue weighted by Gasteiger charge is 2.26. The second-order valence-electron chi connectivity index (χ2n) is 8.34. The third-order valence-corrected chi connectivity index (χ3v) is 6.00. The number of hydrogen-bond acceptors (Lipinski definition) is 5. The van der Waals surface area contributed by atoms with Crippen molar-refractivity contribution in [3.8, 4) is 11.5 Å². The predicted molar refractivity (Wildman–Crippen MR) is 123 cm³/mol. The lowest BCUT2D eigenvalue weighted by Gasteiger charge is -2.32. The second-order valence-corrected chi connectivity index (χ2v) is 8.34. The number of rotatable bonds is 4. The Morgan fingerprint density at radius 2 is 1.82 bits per heavy atom. The van der Waals surface area contributed by atoms with E-state index in [0.29, 0.717) is 37.3 Å². The maximum absolute atomic E-state index is 13.1. The van der Waals surface area contributed by atoms with Crippen molar-refractivity contribution in [2.24, 2.45) is 0 Å². The first kappa shape index (κ1) is 20.9. The van der Waals surface area contributed by atoms with Crippen LogP contribution in [0.15, 0.2) is 65.7 Å². The number of hydrogen-bond donors (Lipinski definition) is 0. The summed E-state index contributed by atoms with van der Waals surface area (Å²) in [6.07, 6.45) is 4.88. The molecule has 0 saturated carbocycles. The summed E-state index contributed by atoms with van der Waals surface area (Å²) in [6, 6.07) is 14.5. The Kier molecular flexibility index (Phi) is 5.37. The number of benzene rings is 1. The van der Waals surface area contributed by atoms with Crippen LogP contribution < -0.4 is 5.56 Å². The summed E-state index contributed by atoms with van der Waals surface area (Å²) >= 11 is 0. The predicted octanol–water partition coefficient (Wildman–Crippen LogP) is 2.71. The minimum Gasteiger partial charge on any atom is -0.338 e. The highest BCUT2D eigenvalue weighted by atomic mass is 16.2. The molecule has 1 saturated heterocycles. The van der Waals surface area contributed by atoms with Crippen LogP contribution in [0.5, 0.6) is 0 Å². The molecule has 9 nitrogen and oxygen atoms in total. The molecule has 9 heteroatoms. The summed E-state index contributed by atoms with van der Waals surface area (Å²) in [5.41, 5.74) is 3.19. The SMILES string of the molecule is Cc1cc(C)n(-c2ccc(=O)n(C3CCN(C(=O)c4cccc(-n5cccn5)c4)CC3)n2)n1. The Morgan fingerprint density at radius 3 is 2.52 bits per heavy atom. The van der Waals surface area contributed by atoms with Crippen LogP contribution in [0.1, 0.15) is 40.6 Å². The zero-order valence-electron chi connectivity index (χ0n) is 18.6. The van der Waals surface area contributed by atoms with Crippen molar-refractivity contribution in [1.29, 1.82) is 0 Å². The summed E-state index contributed by atoms with van der Waals surface area (Å²) in [4.78, 5) is 27.5. The van der Waals surface area contributed by atoms with Crippen LogP contribution in [-0.2, 0) is 0 Å². The first-order valence-electron chi connectivity index (χ1n) is 11.0. The Labute approximate surface area is 190 Å². The number of carbonyl (C=O) groups is 1. The number of aromatic nitrogens is 6. The van der Waals surface area contributed by atoms with Crippen LogP contribution >= 0.6 is 0 Å². The topological polar surface area (TPSA) is 90.8 Å². The molecule has 168 valence electrons. The number of likely N-dealkylation sites (tertiary alicyclic amines) is 1. The molecule has 0 bridgehead atoms. The quantitative estimate of drug-likeness (QED) is 0.484. The number of amides is 1. The summed E-state index contributed by atoms with van der Waals surface area (Å²) in [6.45, 7) is 5.01. The van der Waals surface area contributed by atoms with Crippen LogP contribution in [0.25, 0.3) is 11.5 Å². The molecule has 0 radical (unpaired) electrons. The van der Waals surface area contributed by atoms with E-state index in [4.69, 9.17) is 0 Å². The lowest BCUT2D eigenvalue weighted by molar-refractivity contribution is 0.0688. The van der Waals surface area contributed by atoms with Crippen LogP contribution in [0.2, 0.25) is 0 Å². The van der Waals surface area contributed by atoms with E-state index in [1.165, 1.54) is 6.07 Å². The van der Waals surface area contributed by atoms with Gasteiger partial charge in [0, 0.05) is 42.8 Å². The lowest BCUT2D eigenvalue weighted by atomic mass is 10.0. The maximum atomic E-state index is 13.1. The molecule has 0 atom stereocenters. The van der Waals surface area contributed by atoms with Gasteiger partial charge in [-0.15, -0.1) is 5.10 Å². The van der Waals surface area contributed by atoms with E-state index < -0.39 is 0 Å². The van der Waals surface area contributed by atoms with Crippen molar-refractivity contribution in [2.75, 3.05) is 13.1 Å². The fourth-order valence-electron chi connectivity index (χ4n) is 4.35. The Bertz CT molecular complexity index is 1350. The monoisotopic (exact) mass is 443 g/mol. The first-order chi connectivity index (χ1) is 16.0. The van der Waals surface area contributed by atoms with Crippen molar-refractivity contribution >= 4 is 5.91 Å². The lowest BCUT2D eigenvalue weighted by Crippen LogP contribution is -2.41. The van der Waals surface area contributed by atoms with E-state index in [2.05, 4.69) is 15.3 Å². The molecule has 4 heterocycles. The number of nitrogens with zero attached hydrogens (tertiary/aromatic N) is 7. The van der Waals surface area contributed by atoms with Crippen molar-refractivity contribution in [2.45, 2.75) is 32.7 Å². The van der Waals surface area contributed by atoms with Gasteiger partial charge in [0.15, 0.2) is 5.82 Å². The van der Waals surface area contributed by atoms with Gasteiger partial charge in [0.25, 0.3) is 11.5 Å². The minimum atomic E-state index is -0.142. The fraction of sp³-hybridized carbons (Fsp3) is 0.292. The average Bonchev–Trinajstić information content (AvgIpc) is 3.49. The summed E-state index contributed by atoms with van der Waals surface area (Å²) in [5.74, 6) is 0.605. The van der Waals surface area contributed by atoms with E-state index in [0.717, 1.165) is 17.1 Å². The van der Waals surface area contributed by atoms with Crippen LogP contribution in [0.3, 0.4) is 0 Å². The van der Waals surface area contributed by atoms with Crippen LogP contribution in [-0.4, -0.2) is 53.2 Å². The number of carbonyl (C=O) groups excluding carboxylic acids is 1. The smallest absolute Gasteiger partial charge is 0.267 e. The van der Waals surface area contributed by atoms with Gasteiger partial charge in [-0.1, -0.05) is 6.07 Å². The van der Waals surface area contributed by atoms with Gasteiger partial charge in [0.05, 0.1) is 17.4 Å². The van der Waals surface area contributed by atoms with Gasteiger partial charge < -0.3 is 4.90 Å². The molecule has 0 aliphatic carbocycles. The first-order valence-corrected chi connectivity index (χ1v) is 11.0. The van der Waals surface area contributed by atoms with Crippen LogP contribution in [0, 0.1) is 13.8 Å². The van der Waals surface area contributed by atoms with E-state index in [1.807, 2.05) is 61.3 Å². The average molecular weight is 444 g/mol. The third-order valence-electron chi connectivity index (χ3n) is 6.00. The third kappa shape index (κ3) is 4.09. The standard InChI is InChI=1S/C24H25N7O2/c1-17-15-18(2)30(26-17)22-7-8-23(32)31(27-22)20-9-13-28(14-10-20)24(33)19-5-3-6-21(16-19)29-12-4-11-25-29/h3-8,11-12,15-16,20H,9-10,13-14H2,1-2H3. The molecule has 1 amide bonds. The molecule has 1 aliphatic rings. The molecular weight excluding hydrogens is 418 g/mol. The molecule has 1 fully saturated rings. The normalized spacial score (nSPS) is 14.5. The molecule has 4 aromatic rings. The summed E-state index contributed by atoms with van der Waals surface area (Å²) in [7, 11) is 0. The molecule has 1 aromatic carbocycles. The van der Waals surface area contributed by atoms with E-state index in [9.17, 15) is 9.59 Å². The highest BCUT2D eigenvalue weighted by Crippen LogP contribution is 2.23. The molecule has 3 aromatic heterocycles. The van der Waals surface area contributed by atoms with Crippen molar-refractivity contribution in [1.82, 2.24) is 34.2 Å². The Hall–Kier alpha value is -4.01. The van der Waals surface area contributed by atoms with E-state index in [-0.39, 0.29) is 17.5 Å². The molecule has 5 rings (SSSR count). The van der Waals surface area contributed by atoms with Crippen LogP contribution in [0.4, 0.5) is 0 Å². The maximum Gasteiger partial charge on any atom is 0.267 e. The molecule has 0 N–H and O–H groups in total. The summed E-state index contributed by atoms with van der Waals surface area (Å²) in [5, 5.41) is 13.3. The minimum absolute atomic E-state index is 0.0147. The zero-order valence-corrected chi connectivity index (χ0v) is 18.6. The van der Waals surface area contributed by atoms with Crippen molar-refractivity contribution < 1.29 is 4.79 Å². The second kappa shape index (κ2) is 8.50. The largest absolute Gasteiger partial charge is 0.338 e. The van der Waals surface area contributed by atoms with Gasteiger partial charge in [0.1, 0.15) is 0 Å². The van der Waals surface area contributed by atoms with E-state index >= 15 is 0 Å². The van der Waals surface area contributed by atoms with Crippen molar-refractivity contribution in [3.05, 3.63) is 88.2 Å². The van der Waals surface area contributed by atoms with Crippen molar-refractivity contribution in [3.63, 3.8) is 0 Å². The number of piperidine rings is 1. The zero-order chi connectivity index (χ0) is 22.9. The van der Waals surface area contributed by atoms with Gasteiger partial charge in [-0.3, -0.25) is 9.59 Å². The van der Waals surface area contributed by atoms with Gasteiger partial charge in [-0.2, -0.15) is 10.2 Å². The molecule has 0 unspecified atom stereocenters. The van der Waals surface area contributed by atoms with Gasteiger partial charge in [0.2, 0.25) is 0 Å². The highest BCUT2D eigenvalue weighted by molar-refractivity contribution is 5.94. The fourth-order valence-corrected chi connectivity index (χ4v) is 4.35. The number of aryl methyl sites for hydroxylation is 2. The van der Waals surface area contributed by atoms with Gasteiger partial charge in [-0.05, 0) is 63.1 Å². The molecule has 33 heavy (non-hydrogen) atoms. The molecule has 0 spiro atoms. The summed E-state index contributed by atoms with van der Waals surface area (Å²) < 4.78 is 5.03. The Balaban J connectivity index is 1.31.